The van der Waals surface area contributed by atoms with E-state index in [4.69, 9.17) is 10.5 Å². The van der Waals surface area contributed by atoms with Gasteiger partial charge < -0.3 is 15.4 Å². The molecule has 0 spiro atoms. The molecule has 0 saturated carbocycles. The summed E-state index contributed by atoms with van der Waals surface area (Å²) in [5.74, 6) is 0.0449. The van der Waals surface area contributed by atoms with Crippen molar-refractivity contribution in [2.75, 3.05) is 25.4 Å². The van der Waals surface area contributed by atoms with Gasteiger partial charge in [-0.15, -0.1) is 0 Å². The van der Waals surface area contributed by atoms with Gasteiger partial charge >= 0.3 is 0 Å². The Kier molecular flexibility index (Phi) is 3.87. The van der Waals surface area contributed by atoms with E-state index in [0.29, 0.717) is 30.9 Å². The Bertz CT molecular complexity index is 445. The third-order valence-corrected chi connectivity index (χ3v) is 3.41. The number of carbonyl (C=O) groups is 1. The minimum atomic E-state index is 0.0449. The van der Waals surface area contributed by atoms with Crippen molar-refractivity contribution in [1.29, 1.82) is 0 Å². The molecule has 1 heterocycles. The van der Waals surface area contributed by atoms with Crippen LogP contribution in [0.25, 0.3) is 0 Å². The standard InChI is InChI=1S/C14H20N2O2/c1-3-12-9-16(6-7-18-12)14(17)11-5-4-10(2)13(15)8-11/h4-5,8,12H,3,6-7,9,15H2,1-2H3. The maximum absolute atomic E-state index is 12.3. The van der Waals surface area contributed by atoms with E-state index in [1.807, 2.05) is 24.0 Å². The van der Waals surface area contributed by atoms with Crippen molar-refractivity contribution < 1.29 is 9.53 Å². The van der Waals surface area contributed by atoms with Gasteiger partial charge in [-0.2, -0.15) is 0 Å². The van der Waals surface area contributed by atoms with Gasteiger partial charge in [-0.25, -0.2) is 0 Å². The molecule has 1 amide bonds. The van der Waals surface area contributed by atoms with Crippen molar-refractivity contribution in [3.05, 3.63) is 29.3 Å². The van der Waals surface area contributed by atoms with Crippen LogP contribution < -0.4 is 5.73 Å². The largest absolute Gasteiger partial charge is 0.398 e. The molecule has 98 valence electrons. The van der Waals surface area contributed by atoms with Gasteiger partial charge in [0.1, 0.15) is 0 Å². The molecule has 4 heteroatoms. The molecule has 1 fully saturated rings. The molecular weight excluding hydrogens is 228 g/mol. The average Bonchev–Trinajstić information content (AvgIpc) is 2.41. The molecule has 4 nitrogen and oxygen atoms in total. The molecule has 0 radical (unpaired) electrons. The Labute approximate surface area is 108 Å². The van der Waals surface area contributed by atoms with E-state index in [-0.39, 0.29) is 12.0 Å². The van der Waals surface area contributed by atoms with Gasteiger partial charge in [-0.3, -0.25) is 4.79 Å². The summed E-state index contributed by atoms with van der Waals surface area (Å²) in [7, 11) is 0. The Morgan fingerprint density at radius 1 is 1.56 bits per heavy atom. The summed E-state index contributed by atoms with van der Waals surface area (Å²) in [4.78, 5) is 14.2. The third-order valence-electron chi connectivity index (χ3n) is 3.41. The molecule has 1 saturated heterocycles. The number of ether oxygens (including phenoxy) is 1. The zero-order valence-electron chi connectivity index (χ0n) is 11.0. The third kappa shape index (κ3) is 2.64. The summed E-state index contributed by atoms with van der Waals surface area (Å²) in [6, 6.07) is 5.48. The first-order chi connectivity index (χ1) is 8.61. The monoisotopic (exact) mass is 248 g/mol. The second-order valence-corrected chi connectivity index (χ2v) is 4.72. The van der Waals surface area contributed by atoms with E-state index in [1.165, 1.54) is 0 Å². The number of hydrogen-bond donors (Lipinski definition) is 1. The minimum Gasteiger partial charge on any atom is -0.398 e. The lowest BCUT2D eigenvalue weighted by atomic mass is 10.1. The molecule has 0 bridgehead atoms. The van der Waals surface area contributed by atoms with Crippen molar-refractivity contribution in [2.24, 2.45) is 0 Å². The predicted octanol–water partition coefficient (Wildman–Crippen LogP) is 1.83. The van der Waals surface area contributed by atoms with Crippen molar-refractivity contribution in [1.82, 2.24) is 4.90 Å². The van der Waals surface area contributed by atoms with Crippen molar-refractivity contribution in [3.63, 3.8) is 0 Å². The van der Waals surface area contributed by atoms with Crippen LogP contribution in [-0.2, 0) is 4.74 Å². The Hall–Kier alpha value is -1.55. The zero-order chi connectivity index (χ0) is 13.1. The molecule has 1 aromatic carbocycles. The number of morpholine rings is 1. The van der Waals surface area contributed by atoms with Crippen LogP contribution in [-0.4, -0.2) is 36.6 Å². The molecule has 2 rings (SSSR count). The Morgan fingerprint density at radius 2 is 2.33 bits per heavy atom. The number of hydrogen-bond acceptors (Lipinski definition) is 3. The maximum atomic E-state index is 12.3. The highest BCUT2D eigenvalue weighted by atomic mass is 16.5. The van der Waals surface area contributed by atoms with E-state index in [9.17, 15) is 4.79 Å². The van der Waals surface area contributed by atoms with Gasteiger partial charge in [0.2, 0.25) is 0 Å². The number of aryl methyl sites for hydroxylation is 1. The summed E-state index contributed by atoms with van der Waals surface area (Å²) >= 11 is 0. The molecule has 1 aliphatic heterocycles. The van der Waals surface area contributed by atoms with Gasteiger partial charge in [0.05, 0.1) is 12.7 Å². The summed E-state index contributed by atoms with van der Waals surface area (Å²) in [5.41, 5.74) is 8.18. The fourth-order valence-corrected chi connectivity index (χ4v) is 2.11. The normalized spacial score (nSPS) is 19.9. The minimum absolute atomic E-state index is 0.0449. The number of nitrogens with zero attached hydrogens (tertiary/aromatic N) is 1. The van der Waals surface area contributed by atoms with Gasteiger partial charge in [-0.05, 0) is 31.0 Å². The molecule has 0 aromatic heterocycles. The number of anilines is 1. The highest BCUT2D eigenvalue weighted by Crippen LogP contribution is 2.17. The first-order valence-corrected chi connectivity index (χ1v) is 6.38. The zero-order valence-corrected chi connectivity index (χ0v) is 11.0. The van der Waals surface area contributed by atoms with Crippen LogP contribution in [0.2, 0.25) is 0 Å². The summed E-state index contributed by atoms with van der Waals surface area (Å²) in [6.07, 6.45) is 1.09. The first-order valence-electron chi connectivity index (χ1n) is 6.38. The highest BCUT2D eigenvalue weighted by molar-refractivity contribution is 5.95. The number of nitrogens with two attached hydrogens (primary N) is 1. The van der Waals surface area contributed by atoms with Crippen LogP contribution >= 0.6 is 0 Å². The van der Waals surface area contributed by atoms with Crippen LogP contribution in [0.4, 0.5) is 5.69 Å². The molecule has 1 unspecified atom stereocenters. The van der Waals surface area contributed by atoms with Crippen LogP contribution in [0.3, 0.4) is 0 Å². The lowest BCUT2D eigenvalue weighted by molar-refractivity contribution is -0.0226. The molecule has 1 aliphatic rings. The molecule has 18 heavy (non-hydrogen) atoms. The van der Waals surface area contributed by atoms with Crippen LogP contribution in [0.5, 0.6) is 0 Å². The van der Waals surface area contributed by atoms with E-state index < -0.39 is 0 Å². The maximum Gasteiger partial charge on any atom is 0.254 e. The summed E-state index contributed by atoms with van der Waals surface area (Å²) in [5, 5.41) is 0. The van der Waals surface area contributed by atoms with Crippen LogP contribution in [0, 0.1) is 6.92 Å². The van der Waals surface area contributed by atoms with Crippen molar-refractivity contribution >= 4 is 11.6 Å². The van der Waals surface area contributed by atoms with Gasteiger partial charge in [0.25, 0.3) is 5.91 Å². The molecule has 1 atom stereocenters. The number of benzene rings is 1. The van der Waals surface area contributed by atoms with Crippen molar-refractivity contribution in [2.45, 2.75) is 26.4 Å². The SMILES string of the molecule is CCC1CN(C(=O)c2ccc(C)c(N)c2)CCO1. The fraction of sp³-hybridized carbons (Fsp3) is 0.500. The number of rotatable bonds is 2. The van der Waals surface area contributed by atoms with Gasteiger partial charge in [0.15, 0.2) is 0 Å². The van der Waals surface area contributed by atoms with Gasteiger partial charge in [-0.1, -0.05) is 13.0 Å². The Balaban J connectivity index is 2.12. The Morgan fingerprint density at radius 3 is 3.00 bits per heavy atom. The lowest BCUT2D eigenvalue weighted by Crippen LogP contribution is -2.45. The molecule has 0 aliphatic carbocycles. The quantitative estimate of drug-likeness (QED) is 0.812. The van der Waals surface area contributed by atoms with Crippen molar-refractivity contribution in [3.8, 4) is 0 Å². The molecular formula is C14H20N2O2. The van der Waals surface area contributed by atoms with E-state index in [1.54, 1.807) is 6.07 Å². The van der Waals surface area contributed by atoms with Crippen LogP contribution in [0.1, 0.15) is 29.3 Å². The lowest BCUT2D eigenvalue weighted by Gasteiger charge is -2.32. The molecule has 1 aromatic rings. The number of nitrogen functional groups attached to an aromatic ring is 1. The number of carbonyl (C=O) groups excluding carboxylic acids is 1. The highest BCUT2D eigenvalue weighted by Gasteiger charge is 2.24. The summed E-state index contributed by atoms with van der Waals surface area (Å²) in [6.45, 7) is 5.95. The van der Waals surface area contributed by atoms with E-state index >= 15 is 0 Å². The second kappa shape index (κ2) is 5.40. The fourth-order valence-electron chi connectivity index (χ4n) is 2.11. The topological polar surface area (TPSA) is 55.6 Å². The van der Waals surface area contributed by atoms with Gasteiger partial charge in [0, 0.05) is 24.3 Å². The first kappa shape index (κ1) is 12.9. The van der Waals surface area contributed by atoms with E-state index in [2.05, 4.69) is 6.92 Å². The molecule has 2 N–H and O–H groups in total. The second-order valence-electron chi connectivity index (χ2n) is 4.72. The number of amides is 1. The van der Waals surface area contributed by atoms with Crippen LogP contribution in [0.15, 0.2) is 18.2 Å². The average molecular weight is 248 g/mol. The predicted molar refractivity (Wildman–Crippen MR) is 71.5 cm³/mol. The van der Waals surface area contributed by atoms with E-state index in [0.717, 1.165) is 12.0 Å². The summed E-state index contributed by atoms with van der Waals surface area (Å²) < 4.78 is 5.57. The smallest absolute Gasteiger partial charge is 0.254 e.